The fourth-order valence-electron chi connectivity index (χ4n) is 2.21. The number of nitrogens with one attached hydrogen (secondary N) is 2. The lowest BCUT2D eigenvalue weighted by molar-refractivity contribution is -0.137. The van der Waals surface area contributed by atoms with Gasteiger partial charge in [-0.3, -0.25) is 0 Å². The van der Waals surface area contributed by atoms with Crippen molar-refractivity contribution in [2.75, 3.05) is 5.32 Å². The first-order valence-corrected chi connectivity index (χ1v) is 7.59. The van der Waals surface area contributed by atoms with E-state index >= 15 is 0 Å². The minimum atomic E-state index is -4.63. The van der Waals surface area contributed by atoms with Crippen molar-refractivity contribution < 1.29 is 22.4 Å². The lowest BCUT2D eigenvalue weighted by Gasteiger charge is -2.27. The van der Waals surface area contributed by atoms with Crippen LogP contribution in [0.3, 0.4) is 0 Å². The number of carbonyl (C=O) groups is 1. The van der Waals surface area contributed by atoms with E-state index < -0.39 is 34.1 Å². The molecule has 8 heteroatoms. The molecule has 0 saturated heterocycles. The summed E-state index contributed by atoms with van der Waals surface area (Å²) >= 11 is 5.54. The Morgan fingerprint density at radius 1 is 1.04 bits per heavy atom. The van der Waals surface area contributed by atoms with Crippen LogP contribution in [0.15, 0.2) is 42.5 Å². The van der Waals surface area contributed by atoms with Gasteiger partial charge in [-0.1, -0.05) is 23.7 Å². The first kappa shape index (κ1) is 19.1. The van der Waals surface area contributed by atoms with Gasteiger partial charge in [-0.15, -0.1) is 0 Å². The molecule has 0 heterocycles. The van der Waals surface area contributed by atoms with Crippen molar-refractivity contribution >= 4 is 23.3 Å². The molecular weight excluding hydrogens is 360 g/mol. The molecule has 0 spiro atoms. The van der Waals surface area contributed by atoms with Gasteiger partial charge in [0.05, 0.1) is 16.1 Å². The van der Waals surface area contributed by atoms with Gasteiger partial charge in [0, 0.05) is 5.69 Å². The maximum absolute atomic E-state index is 13.0. The molecule has 0 atom stereocenters. The molecule has 2 rings (SSSR count). The van der Waals surface area contributed by atoms with Gasteiger partial charge in [0.25, 0.3) is 0 Å². The van der Waals surface area contributed by atoms with Gasteiger partial charge in [-0.25, -0.2) is 9.18 Å². The summed E-state index contributed by atoms with van der Waals surface area (Å²) in [6.07, 6.45) is -4.63. The lowest BCUT2D eigenvalue weighted by atomic mass is 9.94. The normalized spacial score (nSPS) is 12.0. The van der Waals surface area contributed by atoms with Crippen molar-refractivity contribution in [2.45, 2.75) is 25.6 Å². The van der Waals surface area contributed by atoms with Gasteiger partial charge >= 0.3 is 12.2 Å². The van der Waals surface area contributed by atoms with Gasteiger partial charge in [-0.05, 0) is 49.7 Å². The summed E-state index contributed by atoms with van der Waals surface area (Å²) in [5, 5.41) is 4.51. The molecule has 25 heavy (non-hydrogen) atoms. The number of hydrogen-bond donors (Lipinski definition) is 2. The number of urea groups is 1. The van der Waals surface area contributed by atoms with Crippen LogP contribution in [0, 0.1) is 5.82 Å². The average molecular weight is 375 g/mol. The Balaban J connectivity index is 2.13. The molecule has 0 saturated carbocycles. The zero-order valence-corrected chi connectivity index (χ0v) is 14.1. The third kappa shape index (κ3) is 4.85. The van der Waals surface area contributed by atoms with Crippen molar-refractivity contribution in [1.29, 1.82) is 0 Å². The van der Waals surface area contributed by atoms with E-state index in [-0.39, 0.29) is 5.69 Å². The van der Waals surface area contributed by atoms with Crippen molar-refractivity contribution in [3.8, 4) is 0 Å². The predicted molar refractivity (Wildman–Crippen MR) is 88.0 cm³/mol. The highest BCUT2D eigenvalue weighted by Crippen LogP contribution is 2.36. The van der Waals surface area contributed by atoms with Crippen molar-refractivity contribution in [3.63, 3.8) is 0 Å². The molecular formula is C17H15ClF4N2O. The van der Waals surface area contributed by atoms with E-state index in [0.717, 1.165) is 12.1 Å². The summed E-state index contributed by atoms with van der Waals surface area (Å²) in [6.45, 7) is 3.37. The first-order chi connectivity index (χ1) is 11.5. The molecule has 0 fully saturated rings. The highest BCUT2D eigenvalue weighted by atomic mass is 35.5. The Hall–Kier alpha value is -2.28. The van der Waals surface area contributed by atoms with E-state index in [1.165, 1.54) is 30.3 Å². The number of benzene rings is 2. The maximum Gasteiger partial charge on any atom is 0.417 e. The van der Waals surface area contributed by atoms with Crippen LogP contribution in [0.4, 0.5) is 28.0 Å². The summed E-state index contributed by atoms with van der Waals surface area (Å²) in [5.41, 5.74) is -1.32. The minimum Gasteiger partial charge on any atom is -0.329 e. The number of amides is 2. The molecule has 0 unspecified atom stereocenters. The fraction of sp³-hybridized carbons (Fsp3) is 0.235. The van der Waals surface area contributed by atoms with Crippen LogP contribution in [0.25, 0.3) is 0 Å². The number of rotatable bonds is 3. The molecule has 2 aromatic rings. The second-order valence-corrected chi connectivity index (χ2v) is 6.31. The van der Waals surface area contributed by atoms with E-state index in [2.05, 4.69) is 10.6 Å². The van der Waals surface area contributed by atoms with Crippen LogP contribution >= 0.6 is 11.6 Å². The molecule has 2 N–H and O–H groups in total. The molecule has 0 aliphatic heterocycles. The summed E-state index contributed by atoms with van der Waals surface area (Å²) in [7, 11) is 0. The number of anilines is 1. The van der Waals surface area contributed by atoms with Crippen molar-refractivity contribution in [1.82, 2.24) is 5.32 Å². The van der Waals surface area contributed by atoms with Gasteiger partial charge in [-0.2, -0.15) is 13.2 Å². The summed E-state index contributed by atoms with van der Waals surface area (Å²) in [6, 6.07) is 7.92. The third-order valence-corrected chi connectivity index (χ3v) is 3.85. The van der Waals surface area contributed by atoms with Crippen molar-refractivity contribution in [3.05, 3.63) is 64.4 Å². The van der Waals surface area contributed by atoms with Crippen LogP contribution < -0.4 is 10.6 Å². The monoisotopic (exact) mass is 374 g/mol. The zero-order valence-electron chi connectivity index (χ0n) is 13.3. The Bertz CT molecular complexity index is 773. The van der Waals surface area contributed by atoms with Crippen LogP contribution in [0.5, 0.6) is 0 Å². The Morgan fingerprint density at radius 2 is 1.64 bits per heavy atom. The zero-order chi connectivity index (χ0) is 18.8. The van der Waals surface area contributed by atoms with Crippen LogP contribution in [-0.2, 0) is 11.7 Å². The molecule has 0 bridgehead atoms. The Morgan fingerprint density at radius 3 is 2.20 bits per heavy atom. The molecule has 0 radical (unpaired) electrons. The smallest absolute Gasteiger partial charge is 0.329 e. The Kier molecular flexibility index (Phi) is 5.27. The van der Waals surface area contributed by atoms with Crippen LogP contribution in [0.2, 0.25) is 5.02 Å². The summed E-state index contributed by atoms with van der Waals surface area (Å²) in [5.74, 6) is -0.412. The van der Waals surface area contributed by atoms with Crippen LogP contribution in [0.1, 0.15) is 25.0 Å². The van der Waals surface area contributed by atoms with E-state index in [1.54, 1.807) is 13.8 Å². The molecule has 0 aliphatic carbocycles. The van der Waals surface area contributed by atoms with Crippen LogP contribution in [-0.4, -0.2) is 6.03 Å². The number of hydrogen-bond acceptors (Lipinski definition) is 1. The van der Waals surface area contributed by atoms with E-state index in [9.17, 15) is 22.4 Å². The topological polar surface area (TPSA) is 41.1 Å². The van der Waals surface area contributed by atoms with Gasteiger partial charge < -0.3 is 10.6 Å². The van der Waals surface area contributed by atoms with Crippen molar-refractivity contribution in [2.24, 2.45) is 0 Å². The molecule has 0 aliphatic rings. The average Bonchev–Trinajstić information content (AvgIpc) is 2.48. The summed E-state index contributed by atoms with van der Waals surface area (Å²) < 4.78 is 51.5. The van der Waals surface area contributed by atoms with E-state index in [1.807, 2.05) is 0 Å². The molecule has 3 nitrogen and oxygen atoms in total. The standard InChI is InChI=1S/C17H15ClF4N2O/c1-16(2,10-3-5-11(19)6-4-10)24-15(25)23-12-7-8-14(18)13(9-12)17(20,21)22/h3-9H,1-2H3,(H2,23,24,25). The highest BCUT2D eigenvalue weighted by molar-refractivity contribution is 6.31. The lowest BCUT2D eigenvalue weighted by Crippen LogP contribution is -2.43. The summed E-state index contributed by atoms with van der Waals surface area (Å²) in [4.78, 5) is 12.1. The van der Waals surface area contributed by atoms with E-state index in [4.69, 9.17) is 11.6 Å². The molecule has 0 aromatic heterocycles. The first-order valence-electron chi connectivity index (χ1n) is 7.21. The fourth-order valence-corrected chi connectivity index (χ4v) is 2.43. The Labute approximate surface area is 147 Å². The SMILES string of the molecule is CC(C)(NC(=O)Nc1ccc(Cl)c(C(F)(F)F)c1)c1ccc(F)cc1. The molecule has 2 aromatic carbocycles. The maximum atomic E-state index is 13.0. The third-order valence-electron chi connectivity index (χ3n) is 3.52. The number of alkyl halides is 3. The highest BCUT2D eigenvalue weighted by Gasteiger charge is 2.33. The quantitative estimate of drug-likeness (QED) is 0.679. The number of carbonyl (C=O) groups excluding carboxylic acids is 1. The molecule has 134 valence electrons. The predicted octanol–water partition coefficient (Wildman–Crippen LogP) is 5.55. The largest absolute Gasteiger partial charge is 0.417 e. The van der Waals surface area contributed by atoms with E-state index in [0.29, 0.717) is 5.56 Å². The second-order valence-electron chi connectivity index (χ2n) is 5.90. The van der Waals surface area contributed by atoms with Gasteiger partial charge in [0.2, 0.25) is 0 Å². The second kappa shape index (κ2) is 6.92. The number of halogens is 5. The minimum absolute atomic E-state index is 0.0517. The van der Waals surface area contributed by atoms with Gasteiger partial charge in [0.15, 0.2) is 0 Å². The van der Waals surface area contributed by atoms with Gasteiger partial charge in [0.1, 0.15) is 5.82 Å². The molecule has 2 amide bonds.